The van der Waals surface area contributed by atoms with Gasteiger partial charge in [0.25, 0.3) is 0 Å². The van der Waals surface area contributed by atoms with Gasteiger partial charge in [-0.1, -0.05) is 6.08 Å². The van der Waals surface area contributed by atoms with E-state index in [0.29, 0.717) is 6.04 Å². The Kier molecular flexibility index (Phi) is 4.14. The Morgan fingerprint density at radius 1 is 1.71 bits per heavy atom. The Balaban J connectivity index is 2.51. The lowest BCUT2D eigenvalue weighted by atomic mass is 9.97. The van der Waals surface area contributed by atoms with Crippen molar-refractivity contribution in [3.63, 3.8) is 0 Å². The van der Waals surface area contributed by atoms with Gasteiger partial charge in [0.1, 0.15) is 0 Å². The fourth-order valence-electron chi connectivity index (χ4n) is 1.88. The summed E-state index contributed by atoms with van der Waals surface area (Å²) in [4.78, 5) is 13.6. The number of methoxy groups -OCH3 is 1. The number of carbonyl (C=O) groups excluding carboxylic acids is 1. The normalized spacial score (nSPS) is 25.4. The van der Waals surface area contributed by atoms with E-state index in [0.717, 1.165) is 25.9 Å². The molecule has 1 saturated heterocycles. The van der Waals surface area contributed by atoms with Crippen LogP contribution in [-0.2, 0) is 9.53 Å². The van der Waals surface area contributed by atoms with Crippen LogP contribution in [-0.4, -0.2) is 37.1 Å². The summed E-state index contributed by atoms with van der Waals surface area (Å²) in [5.41, 5.74) is 0. The highest BCUT2D eigenvalue weighted by molar-refractivity contribution is 5.72. The molecular weight excluding hydrogens is 178 g/mol. The van der Waals surface area contributed by atoms with Crippen molar-refractivity contribution in [2.75, 3.05) is 20.2 Å². The Morgan fingerprint density at radius 3 is 3.00 bits per heavy atom. The van der Waals surface area contributed by atoms with E-state index in [-0.39, 0.29) is 11.9 Å². The lowest BCUT2D eigenvalue weighted by Crippen LogP contribution is -2.43. The van der Waals surface area contributed by atoms with E-state index in [1.807, 2.05) is 6.08 Å². The van der Waals surface area contributed by atoms with Gasteiger partial charge in [0.15, 0.2) is 0 Å². The van der Waals surface area contributed by atoms with Crippen molar-refractivity contribution in [1.29, 1.82) is 0 Å². The van der Waals surface area contributed by atoms with E-state index >= 15 is 0 Å². The molecule has 2 atom stereocenters. The Morgan fingerprint density at radius 2 is 2.43 bits per heavy atom. The van der Waals surface area contributed by atoms with Crippen LogP contribution in [0.5, 0.6) is 0 Å². The third-order valence-electron chi connectivity index (χ3n) is 2.90. The number of hydrogen-bond acceptors (Lipinski definition) is 3. The van der Waals surface area contributed by atoms with Gasteiger partial charge >= 0.3 is 5.97 Å². The second-order valence-corrected chi connectivity index (χ2v) is 3.83. The van der Waals surface area contributed by atoms with Crippen molar-refractivity contribution in [1.82, 2.24) is 4.90 Å². The maximum atomic E-state index is 11.3. The van der Waals surface area contributed by atoms with Gasteiger partial charge in [-0.2, -0.15) is 0 Å². The first kappa shape index (κ1) is 11.2. The molecule has 0 saturated carbocycles. The van der Waals surface area contributed by atoms with Crippen LogP contribution in [0.3, 0.4) is 0 Å². The zero-order chi connectivity index (χ0) is 10.6. The standard InChI is InChI=1S/C11H19NO2/c1-4-9(2)12-7-5-6-10(8-12)11(13)14-3/h4,9-10H,1,5-8H2,2-3H3. The van der Waals surface area contributed by atoms with Crippen LogP contribution < -0.4 is 0 Å². The molecule has 0 radical (unpaired) electrons. The molecule has 80 valence electrons. The summed E-state index contributed by atoms with van der Waals surface area (Å²) >= 11 is 0. The van der Waals surface area contributed by atoms with Crippen molar-refractivity contribution in [2.24, 2.45) is 5.92 Å². The van der Waals surface area contributed by atoms with Crippen molar-refractivity contribution < 1.29 is 9.53 Å². The number of piperidine rings is 1. The number of ether oxygens (including phenoxy) is 1. The van der Waals surface area contributed by atoms with Gasteiger partial charge in [0.05, 0.1) is 13.0 Å². The molecule has 0 amide bonds. The van der Waals surface area contributed by atoms with Crippen LogP contribution in [0.1, 0.15) is 19.8 Å². The van der Waals surface area contributed by atoms with E-state index < -0.39 is 0 Å². The predicted octanol–water partition coefficient (Wildman–Crippen LogP) is 1.45. The molecule has 0 aromatic rings. The summed E-state index contributed by atoms with van der Waals surface area (Å²) in [5, 5.41) is 0. The van der Waals surface area contributed by atoms with Gasteiger partial charge in [0, 0.05) is 12.6 Å². The van der Waals surface area contributed by atoms with Gasteiger partial charge in [0.2, 0.25) is 0 Å². The summed E-state index contributed by atoms with van der Waals surface area (Å²) in [5.74, 6) is -0.0258. The summed E-state index contributed by atoms with van der Waals surface area (Å²) in [6.45, 7) is 7.73. The lowest BCUT2D eigenvalue weighted by molar-refractivity contribution is -0.147. The van der Waals surface area contributed by atoms with Crippen LogP contribution >= 0.6 is 0 Å². The molecule has 3 nitrogen and oxygen atoms in total. The molecule has 1 aliphatic rings. The minimum absolute atomic E-state index is 0.0520. The molecule has 14 heavy (non-hydrogen) atoms. The maximum Gasteiger partial charge on any atom is 0.309 e. The first-order chi connectivity index (χ1) is 6.69. The van der Waals surface area contributed by atoms with Crippen LogP contribution in [0.2, 0.25) is 0 Å². The first-order valence-electron chi connectivity index (χ1n) is 5.13. The maximum absolute atomic E-state index is 11.3. The molecule has 0 N–H and O–H groups in total. The van der Waals surface area contributed by atoms with Gasteiger partial charge in [-0.25, -0.2) is 0 Å². The summed E-state index contributed by atoms with van der Waals surface area (Å²) in [7, 11) is 1.46. The molecular formula is C11H19NO2. The molecule has 0 aliphatic carbocycles. The van der Waals surface area contributed by atoms with Gasteiger partial charge < -0.3 is 4.74 Å². The molecule has 2 unspecified atom stereocenters. The minimum Gasteiger partial charge on any atom is -0.469 e. The highest BCUT2D eigenvalue weighted by Crippen LogP contribution is 2.19. The second kappa shape index (κ2) is 5.15. The number of hydrogen-bond donors (Lipinski definition) is 0. The zero-order valence-corrected chi connectivity index (χ0v) is 9.03. The van der Waals surface area contributed by atoms with E-state index in [4.69, 9.17) is 4.74 Å². The largest absolute Gasteiger partial charge is 0.469 e. The Hall–Kier alpha value is -0.830. The molecule has 1 rings (SSSR count). The van der Waals surface area contributed by atoms with E-state index in [2.05, 4.69) is 18.4 Å². The number of carbonyl (C=O) groups is 1. The van der Waals surface area contributed by atoms with Gasteiger partial charge in [-0.15, -0.1) is 6.58 Å². The fraction of sp³-hybridized carbons (Fsp3) is 0.727. The number of esters is 1. The summed E-state index contributed by atoms with van der Waals surface area (Å²) < 4.78 is 4.76. The van der Waals surface area contributed by atoms with Crippen molar-refractivity contribution in [2.45, 2.75) is 25.8 Å². The minimum atomic E-state index is -0.0778. The third kappa shape index (κ3) is 2.58. The molecule has 1 fully saturated rings. The summed E-state index contributed by atoms with van der Waals surface area (Å²) in [6.07, 6.45) is 3.94. The molecule has 0 aromatic heterocycles. The highest BCUT2D eigenvalue weighted by Gasteiger charge is 2.27. The first-order valence-corrected chi connectivity index (χ1v) is 5.13. The van der Waals surface area contributed by atoms with Crippen molar-refractivity contribution in [3.05, 3.63) is 12.7 Å². The van der Waals surface area contributed by atoms with Gasteiger partial charge in [-0.3, -0.25) is 9.69 Å². The van der Waals surface area contributed by atoms with E-state index in [1.165, 1.54) is 7.11 Å². The van der Waals surface area contributed by atoms with Crippen molar-refractivity contribution in [3.8, 4) is 0 Å². The molecule has 1 heterocycles. The second-order valence-electron chi connectivity index (χ2n) is 3.83. The van der Waals surface area contributed by atoms with E-state index in [1.54, 1.807) is 0 Å². The average Bonchev–Trinajstić information content (AvgIpc) is 2.27. The monoisotopic (exact) mass is 197 g/mol. The number of rotatable bonds is 3. The highest BCUT2D eigenvalue weighted by atomic mass is 16.5. The predicted molar refractivity (Wildman–Crippen MR) is 56.0 cm³/mol. The molecule has 1 aliphatic heterocycles. The lowest BCUT2D eigenvalue weighted by Gasteiger charge is -2.34. The van der Waals surface area contributed by atoms with Crippen LogP contribution in [0.15, 0.2) is 12.7 Å². The Labute approximate surface area is 85.7 Å². The quantitative estimate of drug-likeness (QED) is 0.506. The topological polar surface area (TPSA) is 29.5 Å². The molecule has 0 spiro atoms. The van der Waals surface area contributed by atoms with Gasteiger partial charge in [-0.05, 0) is 26.3 Å². The number of nitrogens with zero attached hydrogens (tertiary/aromatic N) is 1. The van der Waals surface area contributed by atoms with Crippen molar-refractivity contribution >= 4 is 5.97 Å². The van der Waals surface area contributed by atoms with Crippen LogP contribution in [0.25, 0.3) is 0 Å². The fourth-order valence-corrected chi connectivity index (χ4v) is 1.88. The molecule has 3 heteroatoms. The van der Waals surface area contributed by atoms with E-state index in [9.17, 15) is 4.79 Å². The number of likely N-dealkylation sites (tertiary alicyclic amines) is 1. The summed E-state index contributed by atoms with van der Waals surface area (Å²) in [6, 6.07) is 0.349. The SMILES string of the molecule is C=CC(C)N1CCCC(C(=O)OC)C1. The molecule has 0 aromatic carbocycles. The Bertz CT molecular complexity index is 215. The molecule has 0 bridgehead atoms. The average molecular weight is 197 g/mol. The van der Waals surface area contributed by atoms with Crippen LogP contribution in [0, 0.1) is 5.92 Å². The smallest absolute Gasteiger partial charge is 0.309 e. The van der Waals surface area contributed by atoms with Crippen LogP contribution in [0.4, 0.5) is 0 Å². The zero-order valence-electron chi connectivity index (χ0n) is 9.03. The third-order valence-corrected chi connectivity index (χ3v) is 2.90.